The number of alkyl halides is 2. The summed E-state index contributed by atoms with van der Waals surface area (Å²) in [6, 6.07) is 17.9. The van der Waals surface area contributed by atoms with Crippen molar-refractivity contribution in [2.45, 2.75) is 43.8 Å². The summed E-state index contributed by atoms with van der Waals surface area (Å²) < 4.78 is 41.1. The van der Waals surface area contributed by atoms with Gasteiger partial charge in [-0.15, -0.1) is 0 Å². The third-order valence-corrected chi connectivity index (χ3v) is 10.3. The third-order valence-electron chi connectivity index (χ3n) is 9.56. The van der Waals surface area contributed by atoms with Crippen molar-refractivity contribution >= 4 is 35.0 Å². The molecule has 2 heterocycles. The first-order chi connectivity index (χ1) is 22.0. The van der Waals surface area contributed by atoms with Gasteiger partial charge in [0.1, 0.15) is 0 Å². The number of amides is 2. The largest absolute Gasteiger partial charge is 0.493 e. The Balaban J connectivity index is 1.38. The number of carbonyl (C=O) groups excluding carboxylic acids is 2. The Kier molecular flexibility index (Phi) is 10.3. The molecule has 2 amide bonds. The first-order valence-electron chi connectivity index (χ1n) is 15.0. The number of carbonyl (C=O) groups is 2. The molecule has 0 bridgehead atoms. The van der Waals surface area contributed by atoms with Gasteiger partial charge in [-0.1, -0.05) is 59.6 Å². The standard InChI is InChI=1S/C34H37Cl2F2N3O5/c1-20(22-11-13-41(18-22)31(42)23-16-28(44-2)30(46-33(37)38)29(17-23)45-3)40-14-12-34(32(39)43,24-7-5-4-6-8-24)25(19-40)21-9-10-26(35)27(36)15-21/h4-10,15-17,20,22,25,33H,11-14,18-19H2,1-3H3,(H2,39,43). The minimum absolute atomic E-state index is 0.0230. The molecule has 0 aromatic heterocycles. The average molecular weight is 677 g/mol. The van der Waals surface area contributed by atoms with E-state index in [1.165, 1.54) is 26.4 Å². The highest BCUT2D eigenvalue weighted by atomic mass is 35.5. The van der Waals surface area contributed by atoms with Crippen LogP contribution in [0.25, 0.3) is 0 Å². The van der Waals surface area contributed by atoms with Crippen LogP contribution in [-0.2, 0) is 10.2 Å². The summed E-state index contributed by atoms with van der Waals surface area (Å²) in [7, 11) is 2.62. The molecule has 0 radical (unpaired) electrons. The highest BCUT2D eigenvalue weighted by Gasteiger charge is 2.51. The molecule has 2 saturated heterocycles. The molecule has 2 N–H and O–H groups in total. The molecule has 246 valence electrons. The summed E-state index contributed by atoms with van der Waals surface area (Å²) in [5.41, 5.74) is 7.26. The van der Waals surface area contributed by atoms with E-state index in [1.54, 1.807) is 11.0 Å². The van der Waals surface area contributed by atoms with Crippen molar-refractivity contribution in [1.29, 1.82) is 0 Å². The van der Waals surface area contributed by atoms with Gasteiger partial charge in [0.25, 0.3) is 5.91 Å². The first-order valence-corrected chi connectivity index (χ1v) is 15.8. The van der Waals surface area contributed by atoms with Crippen LogP contribution >= 0.6 is 23.2 Å². The first kappa shape index (κ1) is 33.8. The topological polar surface area (TPSA) is 94.3 Å². The van der Waals surface area contributed by atoms with Gasteiger partial charge in [0, 0.05) is 37.2 Å². The van der Waals surface area contributed by atoms with Crippen LogP contribution in [0.3, 0.4) is 0 Å². The van der Waals surface area contributed by atoms with Crippen molar-refractivity contribution in [1.82, 2.24) is 9.80 Å². The SMILES string of the molecule is COc1cc(C(=O)N2CCC(C(C)N3CCC(C(N)=O)(c4ccccc4)C(c4ccc(Cl)c(Cl)c4)C3)C2)cc(OC)c1OC(F)F. The van der Waals surface area contributed by atoms with Crippen LogP contribution in [0, 0.1) is 5.92 Å². The molecule has 2 aliphatic heterocycles. The molecule has 2 aliphatic rings. The Morgan fingerprint density at radius 1 is 0.957 bits per heavy atom. The number of ether oxygens (including phenoxy) is 3. The summed E-state index contributed by atoms with van der Waals surface area (Å²) in [6.45, 7) is 1.24. The van der Waals surface area contributed by atoms with Gasteiger partial charge in [-0.25, -0.2) is 0 Å². The van der Waals surface area contributed by atoms with Gasteiger partial charge >= 0.3 is 6.61 Å². The summed E-state index contributed by atoms with van der Waals surface area (Å²) in [5, 5.41) is 0.834. The van der Waals surface area contributed by atoms with Gasteiger partial charge in [0.15, 0.2) is 11.5 Å². The van der Waals surface area contributed by atoms with Crippen molar-refractivity contribution in [3.63, 3.8) is 0 Å². The predicted octanol–water partition coefficient (Wildman–Crippen LogP) is 6.38. The monoisotopic (exact) mass is 675 g/mol. The van der Waals surface area contributed by atoms with Gasteiger partial charge in [-0.3, -0.25) is 14.5 Å². The molecule has 3 aromatic rings. The Labute approximate surface area is 277 Å². The maximum atomic E-state index is 13.6. The lowest BCUT2D eigenvalue weighted by Crippen LogP contribution is -2.57. The second kappa shape index (κ2) is 14.0. The van der Waals surface area contributed by atoms with Crippen molar-refractivity contribution in [3.05, 3.63) is 87.4 Å². The molecule has 12 heteroatoms. The van der Waals surface area contributed by atoms with Crippen LogP contribution in [0.4, 0.5) is 8.78 Å². The molecule has 2 fully saturated rings. The van der Waals surface area contributed by atoms with Crippen molar-refractivity contribution < 1.29 is 32.6 Å². The van der Waals surface area contributed by atoms with E-state index in [-0.39, 0.29) is 46.6 Å². The van der Waals surface area contributed by atoms with E-state index < -0.39 is 17.9 Å². The van der Waals surface area contributed by atoms with Crippen LogP contribution < -0.4 is 19.9 Å². The molecule has 0 aliphatic carbocycles. The van der Waals surface area contributed by atoms with Crippen LogP contribution in [0.2, 0.25) is 10.0 Å². The molecule has 4 atom stereocenters. The zero-order chi connectivity index (χ0) is 33.2. The highest BCUT2D eigenvalue weighted by molar-refractivity contribution is 6.42. The quantitative estimate of drug-likeness (QED) is 0.268. The van der Waals surface area contributed by atoms with Crippen LogP contribution in [0.5, 0.6) is 17.2 Å². The molecule has 5 rings (SSSR count). The lowest BCUT2D eigenvalue weighted by Gasteiger charge is -2.49. The van der Waals surface area contributed by atoms with Gasteiger partial charge in [0.05, 0.1) is 29.7 Å². The lowest BCUT2D eigenvalue weighted by molar-refractivity contribution is -0.126. The second-order valence-corrected chi connectivity index (χ2v) is 12.6. The van der Waals surface area contributed by atoms with E-state index >= 15 is 0 Å². The van der Waals surface area contributed by atoms with E-state index in [1.807, 2.05) is 42.5 Å². The fraction of sp³-hybridized carbons (Fsp3) is 0.412. The zero-order valence-corrected chi connectivity index (χ0v) is 27.4. The van der Waals surface area contributed by atoms with Crippen LogP contribution in [-0.4, -0.2) is 74.7 Å². The normalized spacial score (nSPS) is 22.5. The van der Waals surface area contributed by atoms with Gasteiger partial charge < -0.3 is 24.8 Å². The second-order valence-electron chi connectivity index (χ2n) is 11.8. The number of nitrogens with zero attached hydrogens (tertiary/aromatic N) is 2. The molecular weight excluding hydrogens is 639 g/mol. The van der Waals surface area contributed by atoms with Crippen molar-refractivity contribution in [2.75, 3.05) is 40.4 Å². The summed E-state index contributed by atoms with van der Waals surface area (Å²) in [4.78, 5) is 31.1. The number of methoxy groups -OCH3 is 2. The van der Waals surface area contributed by atoms with Crippen molar-refractivity contribution in [3.8, 4) is 17.2 Å². The number of primary amides is 1. The summed E-state index contributed by atoms with van der Waals surface area (Å²) in [5.74, 6) is -1.13. The van der Waals surface area contributed by atoms with E-state index in [9.17, 15) is 18.4 Å². The average Bonchev–Trinajstić information content (AvgIpc) is 3.55. The molecule has 0 saturated carbocycles. The molecule has 8 nitrogen and oxygen atoms in total. The minimum Gasteiger partial charge on any atom is -0.493 e. The zero-order valence-electron chi connectivity index (χ0n) is 25.9. The molecule has 4 unspecified atom stereocenters. The summed E-state index contributed by atoms with van der Waals surface area (Å²) in [6.07, 6.45) is 1.27. The van der Waals surface area contributed by atoms with Crippen LogP contribution in [0.15, 0.2) is 60.7 Å². The van der Waals surface area contributed by atoms with Gasteiger partial charge in [-0.2, -0.15) is 8.78 Å². The molecule has 46 heavy (non-hydrogen) atoms. The lowest BCUT2D eigenvalue weighted by atomic mass is 9.62. The number of rotatable bonds is 10. The number of nitrogens with two attached hydrogens (primary N) is 1. The Hall–Kier alpha value is -3.60. The summed E-state index contributed by atoms with van der Waals surface area (Å²) >= 11 is 12.7. The van der Waals surface area contributed by atoms with E-state index in [2.05, 4.69) is 16.6 Å². The molecule has 3 aromatic carbocycles. The fourth-order valence-electron chi connectivity index (χ4n) is 7.04. The Morgan fingerprint density at radius 2 is 1.63 bits per heavy atom. The maximum absolute atomic E-state index is 13.6. The van der Waals surface area contributed by atoms with E-state index in [0.29, 0.717) is 42.6 Å². The third kappa shape index (κ3) is 6.48. The number of benzene rings is 3. The number of hydrogen-bond acceptors (Lipinski definition) is 6. The Bertz CT molecular complexity index is 1550. The number of hydrogen-bond donors (Lipinski definition) is 1. The number of piperidine rings is 1. The predicted molar refractivity (Wildman–Crippen MR) is 172 cm³/mol. The van der Waals surface area contributed by atoms with Gasteiger partial charge in [-0.05, 0) is 67.6 Å². The van der Waals surface area contributed by atoms with E-state index in [4.69, 9.17) is 38.4 Å². The van der Waals surface area contributed by atoms with Crippen molar-refractivity contribution in [2.24, 2.45) is 11.7 Å². The maximum Gasteiger partial charge on any atom is 0.387 e. The van der Waals surface area contributed by atoms with E-state index in [0.717, 1.165) is 17.5 Å². The van der Waals surface area contributed by atoms with Crippen LogP contribution in [0.1, 0.15) is 47.2 Å². The fourth-order valence-corrected chi connectivity index (χ4v) is 7.34. The highest BCUT2D eigenvalue weighted by Crippen LogP contribution is 2.47. The molecular formula is C34H37Cl2F2N3O5. The number of halogens is 4. The Morgan fingerprint density at radius 3 is 2.22 bits per heavy atom. The minimum atomic E-state index is -3.09. The number of likely N-dealkylation sites (tertiary alicyclic amines) is 2. The van der Waals surface area contributed by atoms with Gasteiger partial charge in [0.2, 0.25) is 11.7 Å². The molecule has 0 spiro atoms. The smallest absolute Gasteiger partial charge is 0.387 e.